The molecule has 0 aliphatic rings. The quantitative estimate of drug-likeness (QED) is 0.696. The molecule has 1 rings (SSSR count). The number of methoxy groups -OCH3 is 2. The molecule has 0 fully saturated rings. The lowest BCUT2D eigenvalue weighted by Crippen LogP contribution is -2.27. The summed E-state index contributed by atoms with van der Waals surface area (Å²) in [7, 11) is 3.22. The standard InChI is InChI=1S/C11H21N5O3/c1-7(2)19-11-15-9(12)14-10(16-11)13-5-8(18-4)6-17-3/h7-8H,5-6H2,1-4H3,(H3,12,13,14,15,16). The maximum atomic E-state index is 5.59. The van der Waals surface area contributed by atoms with Crippen molar-refractivity contribution in [2.24, 2.45) is 0 Å². The molecule has 1 aromatic rings. The Hall–Kier alpha value is -1.67. The molecule has 1 heterocycles. The van der Waals surface area contributed by atoms with E-state index in [-0.39, 0.29) is 24.2 Å². The van der Waals surface area contributed by atoms with E-state index in [4.69, 9.17) is 19.9 Å². The zero-order valence-electron chi connectivity index (χ0n) is 11.7. The number of aromatic nitrogens is 3. The molecule has 8 heteroatoms. The van der Waals surface area contributed by atoms with Crippen LogP contribution in [0.2, 0.25) is 0 Å². The van der Waals surface area contributed by atoms with Crippen LogP contribution in [0, 0.1) is 0 Å². The largest absolute Gasteiger partial charge is 0.461 e. The van der Waals surface area contributed by atoms with Crippen LogP contribution in [0.4, 0.5) is 11.9 Å². The van der Waals surface area contributed by atoms with Crippen LogP contribution in [0.1, 0.15) is 13.8 Å². The van der Waals surface area contributed by atoms with Crippen molar-refractivity contribution in [3.63, 3.8) is 0 Å². The fraction of sp³-hybridized carbons (Fsp3) is 0.727. The van der Waals surface area contributed by atoms with E-state index < -0.39 is 0 Å². The molecule has 8 nitrogen and oxygen atoms in total. The molecule has 0 bridgehead atoms. The number of hydrogen-bond acceptors (Lipinski definition) is 8. The van der Waals surface area contributed by atoms with Gasteiger partial charge >= 0.3 is 6.01 Å². The van der Waals surface area contributed by atoms with Gasteiger partial charge in [-0.1, -0.05) is 0 Å². The molecule has 1 atom stereocenters. The fourth-order valence-corrected chi connectivity index (χ4v) is 1.32. The van der Waals surface area contributed by atoms with Gasteiger partial charge in [-0.25, -0.2) is 0 Å². The molecule has 0 aliphatic heterocycles. The topological polar surface area (TPSA) is 104 Å². The van der Waals surface area contributed by atoms with Crippen LogP contribution in [0.3, 0.4) is 0 Å². The van der Waals surface area contributed by atoms with Crippen molar-refractivity contribution in [2.75, 3.05) is 38.4 Å². The summed E-state index contributed by atoms with van der Waals surface area (Å²) in [5, 5.41) is 3.01. The van der Waals surface area contributed by atoms with Gasteiger partial charge in [0.2, 0.25) is 11.9 Å². The summed E-state index contributed by atoms with van der Waals surface area (Å²) >= 11 is 0. The van der Waals surface area contributed by atoms with Gasteiger partial charge in [0, 0.05) is 20.8 Å². The van der Waals surface area contributed by atoms with E-state index in [1.165, 1.54) is 0 Å². The summed E-state index contributed by atoms with van der Waals surface area (Å²) < 4.78 is 15.6. The first-order valence-corrected chi connectivity index (χ1v) is 5.99. The van der Waals surface area contributed by atoms with Crippen LogP contribution in [0.5, 0.6) is 6.01 Å². The van der Waals surface area contributed by atoms with E-state index in [2.05, 4.69) is 20.3 Å². The second-order valence-electron chi connectivity index (χ2n) is 4.16. The highest BCUT2D eigenvalue weighted by Gasteiger charge is 2.10. The lowest BCUT2D eigenvalue weighted by atomic mass is 10.4. The lowest BCUT2D eigenvalue weighted by molar-refractivity contribution is 0.0364. The molecule has 1 aromatic heterocycles. The van der Waals surface area contributed by atoms with Crippen molar-refractivity contribution >= 4 is 11.9 Å². The zero-order chi connectivity index (χ0) is 14.3. The maximum absolute atomic E-state index is 5.59. The Kier molecular flexibility index (Phi) is 6.23. The minimum Gasteiger partial charge on any atom is -0.461 e. The predicted molar refractivity (Wildman–Crippen MR) is 71.2 cm³/mol. The van der Waals surface area contributed by atoms with E-state index in [9.17, 15) is 0 Å². The minimum atomic E-state index is -0.0996. The maximum Gasteiger partial charge on any atom is 0.323 e. The Morgan fingerprint density at radius 1 is 1.21 bits per heavy atom. The van der Waals surface area contributed by atoms with Crippen molar-refractivity contribution in [1.29, 1.82) is 0 Å². The number of ether oxygens (including phenoxy) is 3. The van der Waals surface area contributed by atoms with Gasteiger partial charge in [0.25, 0.3) is 0 Å². The fourth-order valence-electron chi connectivity index (χ4n) is 1.32. The van der Waals surface area contributed by atoms with Gasteiger partial charge in [0.1, 0.15) is 0 Å². The number of nitrogen functional groups attached to an aromatic ring is 1. The molecule has 19 heavy (non-hydrogen) atoms. The van der Waals surface area contributed by atoms with Crippen molar-refractivity contribution in [2.45, 2.75) is 26.1 Å². The normalized spacial score (nSPS) is 12.5. The Morgan fingerprint density at radius 3 is 2.53 bits per heavy atom. The lowest BCUT2D eigenvalue weighted by Gasteiger charge is -2.15. The Morgan fingerprint density at radius 2 is 1.95 bits per heavy atom. The third-order valence-corrected chi connectivity index (χ3v) is 2.15. The second-order valence-corrected chi connectivity index (χ2v) is 4.16. The van der Waals surface area contributed by atoms with Crippen LogP contribution in [0.15, 0.2) is 0 Å². The molecule has 0 aromatic carbocycles. The average molecular weight is 271 g/mol. The SMILES string of the molecule is COCC(CNc1nc(N)nc(OC(C)C)n1)OC. The van der Waals surface area contributed by atoms with Gasteiger partial charge < -0.3 is 25.3 Å². The van der Waals surface area contributed by atoms with Gasteiger partial charge in [0.05, 0.1) is 18.8 Å². The number of nitrogens with zero attached hydrogens (tertiary/aromatic N) is 3. The first-order valence-electron chi connectivity index (χ1n) is 5.99. The number of rotatable bonds is 8. The van der Waals surface area contributed by atoms with Gasteiger partial charge in [-0.05, 0) is 13.8 Å². The van der Waals surface area contributed by atoms with Crippen LogP contribution in [-0.2, 0) is 9.47 Å². The molecular formula is C11H21N5O3. The molecule has 0 radical (unpaired) electrons. The molecule has 0 saturated carbocycles. The number of nitrogens with two attached hydrogens (primary N) is 1. The van der Waals surface area contributed by atoms with E-state index in [1.54, 1.807) is 14.2 Å². The summed E-state index contributed by atoms with van der Waals surface area (Å²) in [6.07, 6.45) is -0.132. The van der Waals surface area contributed by atoms with Crippen LogP contribution < -0.4 is 15.8 Å². The van der Waals surface area contributed by atoms with Crippen LogP contribution >= 0.6 is 0 Å². The highest BCUT2D eigenvalue weighted by molar-refractivity contribution is 5.32. The molecule has 3 N–H and O–H groups in total. The molecular weight excluding hydrogens is 250 g/mol. The molecule has 0 amide bonds. The Bertz CT molecular complexity index is 389. The van der Waals surface area contributed by atoms with E-state index in [0.29, 0.717) is 19.1 Å². The van der Waals surface area contributed by atoms with Gasteiger partial charge in [-0.15, -0.1) is 0 Å². The first kappa shape index (κ1) is 15.4. The van der Waals surface area contributed by atoms with Crippen molar-refractivity contribution in [3.8, 4) is 6.01 Å². The van der Waals surface area contributed by atoms with Crippen molar-refractivity contribution in [1.82, 2.24) is 15.0 Å². The van der Waals surface area contributed by atoms with Gasteiger partial charge in [0.15, 0.2) is 0 Å². The van der Waals surface area contributed by atoms with Crippen LogP contribution in [-0.4, -0.2) is 54.5 Å². The summed E-state index contributed by atoms with van der Waals surface area (Å²) in [5.41, 5.74) is 5.59. The number of hydrogen-bond donors (Lipinski definition) is 2. The molecule has 1 unspecified atom stereocenters. The number of anilines is 2. The summed E-state index contributed by atoms with van der Waals surface area (Å²) in [6, 6.07) is 0.200. The van der Waals surface area contributed by atoms with Gasteiger partial charge in [-0.3, -0.25) is 0 Å². The smallest absolute Gasteiger partial charge is 0.323 e. The highest BCUT2D eigenvalue weighted by Crippen LogP contribution is 2.10. The van der Waals surface area contributed by atoms with E-state index >= 15 is 0 Å². The van der Waals surface area contributed by atoms with E-state index in [1.807, 2.05) is 13.8 Å². The Labute approximate surface area is 112 Å². The molecule has 108 valence electrons. The van der Waals surface area contributed by atoms with Crippen molar-refractivity contribution in [3.05, 3.63) is 0 Å². The first-order chi connectivity index (χ1) is 9.05. The summed E-state index contributed by atoms with van der Waals surface area (Å²) in [6.45, 7) is 4.73. The number of nitrogens with one attached hydrogen (secondary N) is 1. The van der Waals surface area contributed by atoms with Gasteiger partial charge in [-0.2, -0.15) is 15.0 Å². The highest BCUT2D eigenvalue weighted by atomic mass is 16.5. The van der Waals surface area contributed by atoms with Crippen LogP contribution in [0.25, 0.3) is 0 Å². The summed E-state index contributed by atoms with van der Waals surface area (Å²) in [5.74, 6) is 0.454. The molecule has 0 saturated heterocycles. The van der Waals surface area contributed by atoms with E-state index in [0.717, 1.165) is 0 Å². The third-order valence-electron chi connectivity index (χ3n) is 2.15. The Balaban J connectivity index is 2.64. The summed E-state index contributed by atoms with van der Waals surface area (Å²) in [4.78, 5) is 12.0. The third kappa shape index (κ3) is 5.66. The average Bonchev–Trinajstić information content (AvgIpc) is 2.33. The van der Waals surface area contributed by atoms with Crippen molar-refractivity contribution < 1.29 is 14.2 Å². The molecule has 0 spiro atoms. The monoisotopic (exact) mass is 271 g/mol. The zero-order valence-corrected chi connectivity index (χ0v) is 11.7. The molecule has 0 aliphatic carbocycles. The minimum absolute atomic E-state index is 0.0325. The predicted octanol–water partition coefficient (Wildman–Crippen LogP) is 0.314. The second kappa shape index (κ2) is 7.70.